The highest BCUT2D eigenvalue weighted by Gasteiger charge is 2.22. The van der Waals surface area contributed by atoms with E-state index in [9.17, 15) is 9.59 Å². The molecule has 0 unspecified atom stereocenters. The number of amides is 3. The zero-order chi connectivity index (χ0) is 17.4. The third-order valence-electron chi connectivity index (χ3n) is 3.69. The van der Waals surface area contributed by atoms with E-state index in [1.165, 1.54) is 23.1 Å². The van der Waals surface area contributed by atoms with Gasteiger partial charge in [-0.2, -0.15) is 0 Å². The number of urea groups is 1. The number of nitrogens with one attached hydrogen (secondary N) is 2. The molecule has 1 heterocycles. The van der Waals surface area contributed by atoms with Crippen LogP contribution in [-0.2, 0) is 4.79 Å². The summed E-state index contributed by atoms with van der Waals surface area (Å²) in [5, 5.41) is 13.1. The van der Waals surface area contributed by atoms with E-state index >= 15 is 0 Å². The molecule has 1 atom stereocenters. The topological polar surface area (TPSA) is 84.0 Å². The third kappa shape index (κ3) is 6.60. The zero-order valence-corrected chi connectivity index (χ0v) is 16.5. The SMILES string of the molecule is CCCCSc1nnc(S[C@H](C)C(=O)NC(=O)NC2CCCC2)s1. The van der Waals surface area contributed by atoms with Crippen LogP contribution < -0.4 is 10.6 Å². The number of hydrogen-bond donors (Lipinski definition) is 2. The van der Waals surface area contributed by atoms with E-state index in [1.54, 1.807) is 18.7 Å². The van der Waals surface area contributed by atoms with Crippen molar-refractivity contribution in [3.8, 4) is 0 Å². The number of thioether (sulfide) groups is 2. The summed E-state index contributed by atoms with van der Waals surface area (Å²) in [6.07, 6.45) is 6.58. The Morgan fingerprint density at radius 3 is 2.71 bits per heavy atom. The molecule has 1 saturated carbocycles. The average molecular weight is 389 g/mol. The number of carbonyl (C=O) groups is 2. The Bertz CT molecular complexity index is 547. The van der Waals surface area contributed by atoms with Crippen LogP contribution in [0.25, 0.3) is 0 Å². The van der Waals surface area contributed by atoms with Crippen molar-refractivity contribution in [3.63, 3.8) is 0 Å². The van der Waals surface area contributed by atoms with Crippen LogP contribution in [0.5, 0.6) is 0 Å². The molecule has 3 amide bonds. The van der Waals surface area contributed by atoms with Crippen LogP contribution in [-0.4, -0.2) is 39.2 Å². The summed E-state index contributed by atoms with van der Waals surface area (Å²) in [4.78, 5) is 23.9. The Balaban J connectivity index is 1.73. The van der Waals surface area contributed by atoms with Crippen LogP contribution in [0.3, 0.4) is 0 Å². The highest BCUT2D eigenvalue weighted by Crippen LogP contribution is 2.31. The standard InChI is InChI=1S/C15H24N4O2S3/c1-3-4-9-22-14-18-19-15(24-14)23-10(2)12(20)17-13(21)16-11-7-5-6-8-11/h10-11H,3-9H2,1-2H3,(H2,16,17,20,21)/t10-/m1/s1. The van der Waals surface area contributed by atoms with Gasteiger partial charge in [0.25, 0.3) is 0 Å². The molecule has 1 aromatic heterocycles. The predicted molar refractivity (Wildman–Crippen MR) is 99.8 cm³/mol. The fourth-order valence-corrected chi connectivity index (χ4v) is 5.64. The molecule has 0 aliphatic heterocycles. The summed E-state index contributed by atoms with van der Waals surface area (Å²) in [6.45, 7) is 3.93. The van der Waals surface area contributed by atoms with Gasteiger partial charge in [-0.1, -0.05) is 61.0 Å². The van der Waals surface area contributed by atoms with Crippen LogP contribution in [0, 0.1) is 0 Å². The summed E-state index contributed by atoms with van der Waals surface area (Å²) in [5.41, 5.74) is 0. The molecular weight excluding hydrogens is 364 g/mol. The van der Waals surface area contributed by atoms with Crippen molar-refractivity contribution in [3.05, 3.63) is 0 Å². The minimum absolute atomic E-state index is 0.201. The summed E-state index contributed by atoms with van der Waals surface area (Å²) in [5.74, 6) is 0.735. The van der Waals surface area contributed by atoms with Gasteiger partial charge in [0.15, 0.2) is 8.68 Å². The first-order valence-corrected chi connectivity index (χ1v) is 11.0. The number of imide groups is 1. The fraction of sp³-hybridized carbons (Fsp3) is 0.733. The van der Waals surface area contributed by atoms with E-state index in [2.05, 4.69) is 27.8 Å². The number of unbranched alkanes of at least 4 members (excludes halogenated alkanes) is 1. The van der Waals surface area contributed by atoms with Crippen molar-refractivity contribution in [2.75, 3.05) is 5.75 Å². The Hall–Kier alpha value is -0.800. The van der Waals surface area contributed by atoms with Gasteiger partial charge in [0.1, 0.15) is 0 Å². The Morgan fingerprint density at radius 2 is 2.00 bits per heavy atom. The first-order valence-electron chi connectivity index (χ1n) is 8.32. The molecule has 1 fully saturated rings. The lowest BCUT2D eigenvalue weighted by molar-refractivity contribution is -0.119. The van der Waals surface area contributed by atoms with Crippen molar-refractivity contribution in [2.24, 2.45) is 0 Å². The molecule has 0 bridgehead atoms. The summed E-state index contributed by atoms with van der Waals surface area (Å²) in [7, 11) is 0. The maximum Gasteiger partial charge on any atom is 0.321 e. The van der Waals surface area contributed by atoms with E-state index < -0.39 is 6.03 Å². The van der Waals surface area contributed by atoms with Gasteiger partial charge in [-0.05, 0) is 26.2 Å². The van der Waals surface area contributed by atoms with Gasteiger partial charge in [0.2, 0.25) is 5.91 Å². The number of hydrogen-bond acceptors (Lipinski definition) is 7. The highest BCUT2D eigenvalue weighted by molar-refractivity contribution is 8.03. The summed E-state index contributed by atoms with van der Waals surface area (Å²) < 4.78 is 1.69. The molecule has 0 radical (unpaired) electrons. The van der Waals surface area contributed by atoms with Crippen molar-refractivity contribution < 1.29 is 9.59 Å². The molecule has 2 rings (SSSR count). The highest BCUT2D eigenvalue weighted by atomic mass is 32.2. The second kappa shape index (κ2) is 10.2. The largest absolute Gasteiger partial charge is 0.335 e. The van der Waals surface area contributed by atoms with Crippen molar-refractivity contribution in [1.82, 2.24) is 20.8 Å². The second-order valence-corrected chi connectivity index (χ2v) is 9.65. The van der Waals surface area contributed by atoms with Gasteiger partial charge >= 0.3 is 6.03 Å². The molecule has 0 aromatic carbocycles. The van der Waals surface area contributed by atoms with Crippen LogP contribution in [0.4, 0.5) is 4.79 Å². The number of nitrogens with zero attached hydrogens (tertiary/aromatic N) is 2. The molecule has 0 saturated heterocycles. The number of rotatable bonds is 8. The van der Waals surface area contributed by atoms with Gasteiger partial charge in [-0.15, -0.1) is 10.2 Å². The van der Waals surface area contributed by atoms with Crippen LogP contribution in [0.1, 0.15) is 52.4 Å². The van der Waals surface area contributed by atoms with E-state index in [0.717, 1.165) is 53.0 Å². The monoisotopic (exact) mass is 388 g/mol. The lowest BCUT2D eigenvalue weighted by Gasteiger charge is -2.14. The molecule has 1 aliphatic rings. The maximum absolute atomic E-state index is 12.1. The van der Waals surface area contributed by atoms with Crippen LogP contribution >= 0.6 is 34.9 Å². The molecular formula is C15H24N4O2S3. The molecule has 24 heavy (non-hydrogen) atoms. The minimum Gasteiger partial charge on any atom is -0.335 e. The molecule has 6 nitrogen and oxygen atoms in total. The van der Waals surface area contributed by atoms with E-state index in [1.807, 2.05) is 0 Å². The van der Waals surface area contributed by atoms with Crippen molar-refractivity contribution in [1.29, 1.82) is 0 Å². The van der Waals surface area contributed by atoms with Crippen molar-refractivity contribution >= 4 is 46.8 Å². The molecule has 134 valence electrons. The van der Waals surface area contributed by atoms with E-state index in [0.29, 0.717) is 0 Å². The zero-order valence-electron chi connectivity index (χ0n) is 14.0. The third-order valence-corrected chi connectivity index (χ3v) is 7.01. The quantitative estimate of drug-likeness (QED) is 0.522. The van der Waals surface area contributed by atoms with E-state index in [-0.39, 0.29) is 17.2 Å². The Morgan fingerprint density at radius 1 is 1.29 bits per heavy atom. The lowest BCUT2D eigenvalue weighted by Crippen LogP contribution is -2.45. The first-order chi connectivity index (χ1) is 11.6. The molecule has 1 aromatic rings. The number of aromatic nitrogens is 2. The Labute approximate surface area is 155 Å². The van der Waals surface area contributed by atoms with Gasteiger partial charge in [-0.3, -0.25) is 10.1 Å². The number of carbonyl (C=O) groups excluding carboxylic acids is 2. The predicted octanol–water partition coefficient (Wildman–Crippen LogP) is 3.68. The maximum atomic E-state index is 12.1. The van der Waals surface area contributed by atoms with Gasteiger partial charge < -0.3 is 5.32 Å². The van der Waals surface area contributed by atoms with Crippen LogP contribution in [0.2, 0.25) is 0 Å². The normalized spacial score (nSPS) is 16.1. The van der Waals surface area contributed by atoms with Gasteiger partial charge in [0, 0.05) is 11.8 Å². The fourth-order valence-electron chi connectivity index (χ4n) is 2.32. The minimum atomic E-state index is -0.396. The van der Waals surface area contributed by atoms with Crippen molar-refractivity contribution in [2.45, 2.75) is 72.3 Å². The Kier molecular flexibility index (Phi) is 8.34. The smallest absolute Gasteiger partial charge is 0.321 e. The molecule has 2 N–H and O–H groups in total. The summed E-state index contributed by atoms with van der Waals surface area (Å²) >= 11 is 4.53. The van der Waals surface area contributed by atoms with E-state index in [4.69, 9.17) is 0 Å². The van der Waals surface area contributed by atoms with Crippen LogP contribution in [0.15, 0.2) is 8.68 Å². The van der Waals surface area contributed by atoms with Gasteiger partial charge in [-0.25, -0.2) is 4.79 Å². The molecule has 9 heteroatoms. The van der Waals surface area contributed by atoms with Gasteiger partial charge in [0.05, 0.1) is 5.25 Å². The first kappa shape index (κ1) is 19.5. The second-order valence-electron chi connectivity index (χ2n) is 5.74. The average Bonchev–Trinajstić information content (AvgIpc) is 3.19. The molecule has 0 spiro atoms. The summed E-state index contributed by atoms with van der Waals surface area (Å²) in [6, 6.07) is -0.195. The lowest BCUT2D eigenvalue weighted by atomic mass is 10.2. The molecule has 1 aliphatic carbocycles.